The van der Waals surface area contributed by atoms with Gasteiger partial charge in [-0.3, -0.25) is 9.98 Å². The summed E-state index contributed by atoms with van der Waals surface area (Å²) in [6, 6.07) is 25.8. The van der Waals surface area contributed by atoms with Crippen LogP contribution in [0.25, 0.3) is 44.3 Å². The van der Waals surface area contributed by atoms with Gasteiger partial charge in [0.15, 0.2) is 0 Å². The van der Waals surface area contributed by atoms with Crippen LogP contribution in [0.1, 0.15) is 51.7 Å². The standard InChI is InChI=1S/C32H36N6/c1-5-19(3)35-31(33)25-13-11-23-15-27(37-29(23)17-25)21-7-9-22(10-8-21)28-16-24-12-14-26(18-30(24)38-28)32(34)36-20(4)6-2/h7-20,37-38H,5-6H2,1-4H3,(H2,33,35)(H2,34,36). The van der Waals surface area contributed by atoms with Gasteiger partial charge >= 0.3 is 0 Å². The smallest absolute Gasteiger partial charge is 0.125 e. The molecular weight excluding hydrogens is 468 g/mol. The van der Waals surface area contributed by atoms with Crippen LogP contribution < -0.4 is 11.5 Å². The quantitative estimate of drug-likeness (QED) is 0.135. The number of amidine groups is 2. The average molecular weight is 505 g/mol. The second kappa shape index (κ2) is 10.6. The molecule has 2 atom stereocenters. The third-order valence-electron chi connectivity index (χ3n) is 7.24. The van der Waals surface area contributed by atoms with Crippen LogP contribution in [0.2, 0.25) is 0 Å². The Labute approximate surface area is 223 Å². The Morgan fingerprint density at radius 3 is 1.39 bits per heavy atom. The Morgan fingerprint density at radius 1 is 0.632 bits per heavy atom. The largest absolute Gasteiger partial charge is 0.383 e. The van der Waals surface area contributed by atoms with Crippen molar-refractivity contribution in [1.82, 2.24) is 9.97 Å². The average Bonchev–Trinajstić information content (AvgIpc) is 3.56. The summed E-state index contributed by atoms with van der Waals surface area (Å²) in [5, 5.41) is 2.29. The van der Waals surface area contributed by atoms with Gasteiger partial charge in [0.1, 0.15) is 11.7 Å². The minimum atomic E-state index is 0.212. The monoisotopic (exact) mass is 504 g/mol. The second-order valence-electron chi connectivity index (χ2n) is 10.1. The number of nitrogens with zero attached hydrogens (tertiary/aromatic N) is 2. The number of rotatable bonds is 8. The number of aromatic nitrogens is 2. The van der Waals surface area contributed by atoms with E-state index in [-0.39, 0.29) is 12.1 Å². The first-order valence-electron chi connectivity index (χ1n) is 13.4. The SMILES string of the molecule is CCC(C)N=C(N)c1ccc2cc(-c3ccc(-c4cc5ccc(C(N)=NC(C)CC)cc5[nH]4)cc3)[nH]c2c1. The minimum Gasteiger partial charge on any atom is -0.383 e. The summed E-state index contributed by atoms with van der Waals surface area (Å²) in [6.07, 6.45) is 1.93. The normalized spacial score (nSPS) is 14.3. The first-order chi connectivity index (χ1) is 18.3. The summed E-state index contributed by atoms with van der Waals surface area (Å²) in [5.74, 6) is 1.16. The molecule has 0 amide bonds. The predicted octanol–water partition coefficient (Wildman–Crippen LogP) is 6.99. The maximum Gasteiger partial charge on any atom is 0.125 e. The fraction of sp³-hybridized carbons (Fsp3) is 0.250. The highest BCUT2D eigenvalue weighted by Gasteiger charge is 2.10. The first-order valence-corrected chi connectivity index (χ1v) is 13.4. The molecule has 6 nitrogen and oxygen atoms in total. The maximum atomic E-state index is 6.25. The number of aromatic amines is 2. The van der Waals surface area contributed by atoms with Crippen LogP contribution in [0, 0.1) is 0 Å². The van der Waals surface area contributed by atoms with Crippen LogP contribution in [0.4, 0.5) is 0 Å². The molecule has 5 rings (SSSR count). The molecule has 0 bridgehead atoms. The van der Waals surface area contributed by atoms with E-state index in [4.69, 9.17) is 11.5 Å². The van der Waals surface area contributed by atoms with Gasteiger partial charge in [0.25, 0.3) is 0 Å². The lowest BCUT2D eigenvalue weighted by molar-refractivity contribution is 0.716. The van der Waals surface area contributed by atoms with E-state index in [1.165, 1.54) is 0 Å². The van der Waals surface area contributed by atoms with Crippen LogP contribution in [-0.2, 0) is 0 Å². The molecule has 6 N–H and O–H groups in total. The molecular formula is C32H36N6. The fourth-order valence-corrected chi connectivity index (χ4v) is 4.52. The molecule has 0 radical (unpaired) electrons. The molecule has 3 aromatic carbocycles. The Hall–Kier alpha value is -4.32. The van der Waals surface area contributed by atoms with E-state index in [0.29, 0.717) is 11.7 Å². The summed E-state index contributed by atoms with van der Waals surface area (Å²) in [7, 11) is 0. The molecule has 0 aliphatic carbocycles. The molecule has 194 valence electrons. The molecule has 0 spiro atoms. The van der Waals surface area contributed by atoms with Gasteiger partial charge in [0, 0.05) is 56.4 Å². The highest BCUT2D eigenvalue weighted by atomic mass is 14.9. The lowest BCUT2D eigenvalue weighted by Crippen LogP contribution is -2.16. The Balaban J connectivity index is 1.39. The maximum absolute atomic E-state index is 6.25. The summed E-state index contributed by atoms with van der Waals surface area (Å²) in [6.45, 7) is 8.38. The highest BCUT2D eigenvalue weighted by molar-refractivity contribution is 6.02. The van der Waals surface area contributed by atoms with E-state index in [9.17, 15) is 0 Å². The van der Waals surface area contributed by atoms with E-state index in [2.05, 4.69) is 108 Å². The molecule has 0 aliphatic rings. The van der Waals surface area contributed by atoms with Gasteiger partial charge < -0.3 is 21.4 Å². The van der Waals surface area contributed by atoms with E-state index in [0.717, 1.165) is 68.3 Å². The number of nitrogens with one attached hydrogen (secondary N) is 2. The third kappa shape index (κ3) is 5.21. The number of hydrogen-bond acceptors (Lipinski definition) is 2. The zero-order valence-corrected chi connectivity index (χ0v) is 22.5. The van der Waals surface area contributed by atoms with Gasteiger partial charge in [0.2, 0.25) is 0 Å². The first kappa shape index (κ1) is 25.3. The van der Waals surface area contributed by atoms with E-state index < -0.39 is 0 Å². The summed E-state index contributed by atoms with van der Waals surface area (Å²) < 4.78 is 0. The van der Waals surface area contributed by atoms with Gasteiger partial charge in [-0.15, -0.1) is 0 Å². The number of hydrogen-bond donors (Lipinski definition) is 4. The molecule has 0 saturated carbocycles. The number of nitrogens with two attached hydrogens (primary N) is 2. The van der Waals surface area contributed by atoms with Crippen molar-refractivity contribution in [2.45, 2.75) is 52.6 Å². The van der Waals surface area contributed by atoms with Crippen molar-refractivity contribution in [3.63, 3.8) is 0 Å². The molecule has 38 heavy (non-hydrogen) atoms. The summed E-state index contributed by atoms with van der Waals surface area (Å²) in [4.78, 5) is 16.3. The van der Waals surface area contributed by atoms with Crippen molar-refractivity contribution in [2.75, 3.05) is 0 Å². The molecule has 2 unspecified atom stereocenters. The lowest BCUT2D eigenvalue weighted by atomic mass is 10.1. The highest BCUT2D eigenvalue weighted by Crippen LogP contribution is 2.29. The zero-order chi connectivity index (χ0) is 26.8. The number of benzene rings is 3. The van der Waals surface area contributed by atoms with Crippen molar-refractivity contribution in [3.05, 3.63) is 83.9 Å². The molecule has 2 aromatic heterocycles. The number of aliphatic imine (C=N–C) groups is 2. The van der Waals surface area contributed by atoms with Crippen molar-refractivity contribution < 1.29 is 0 Å². The Bertz CT molecular complexity index is 1510. The van der Waals surface area contributed by atoms with Gasteiger partial charge in [-0.2, -0.15) is 0 Å². The lowest BCUT2D eigenvalue weighted by Gasteiger charge is -2.05. The predicted molar refractivity (Wildman–Crippen MR) is 162 cm³/mol. The molecule has 6 heteroatoms. The van der Waals surface area contributed by atoms with Gasteiger partial charge in [-0.25, -0.2) is 0 Å². The van der Waals surface area contributed by atoms with Crippen LogP contribution >= 0.6 is 0 Å². The Kier molecular flexibility index (Phi) is 7.05. The van der Waals surface area contributed by atoms with Crippen LogP contribution in [0.3, 0.4) is 0 Å². The fourth-order valence-electron chi connectivity index (χ4n) is 4.52. The zero-order valence-electron chi connectivity index (χ0n) is 22.5. The number of H-pyrrole nitrogens is 2. The molecule has 0 aliphatic heterocycles. The minimum absolute atomic E-state index is 0.212. The summed E-state index contributed by atoms with van der Waals surface area (Å²) in [5.41, 5.74) is 20.9. The van der Waals surface area contributed by atoms with Crippen molar-refractivity contribution in [1.29, 1.82) is 0 Å². The van der Waals surface area contributed by atoms with Gasteiger partial charge in [0.05, 0.1) is 0 Å². The molecule has 2 heterocycles. The van der Waals surface area contributed by atoms with E-state index in [1.54, 1.807) is 0 Å². The van der Waals surface area contributed by atoms with Gasteiger partial charge in [-0.05, 0) is 62.1 Å². The van der Waals surface area contributed by atoms with Crippen LogP contribution in [0.5, 0.6) is 0 Å². The van der Waals surface area contributed by atoms with Crippen molar-refractivity contribution in [2.24, 2.45) is 21.5 Å². The number of fused-ring (bicyclic) bond motifs is 2. The van der Waals surface area contributed by atoms with Crippen molar-refractivity contribution in [3.8, 4) is 22.5 Å². The third-order valence-corrected chi connectivity index (χ3v) is 7.24. The molecule has 0 saturated heterocycles. The van der Waals surface area contributed by atoms with Crippen LogP contribution in [0.15, 0.2) is 82.8 Å². The Morgan fingerprint density at radius 2 is 1.03 bits per heavy atom. The van der Waals surface area contributed by atoms with E-state index in [1.807, 2.05) is 12.1 Å². The second-order valence-corrected chi connectivity index (χ2v) is 10.1. The van der Waals surface area contributed by atoms with Gasteiger partial charge in [-0.1, -0.05) is 62.4 Å². The topological polar surface area (TPSA) is 108 Å². The summed E-state index contributed by atoms with van der Waals surface area (Å²) >= 11 is 0. The molecule has 0 fully saturated rings. The van der Waals surface area contributed by atoms with Crippen LogP contribution in [-0.4, -0.2) is 33.7 Å². The van der Waals surface area contributed by atoms with E-state index >= 15 is 0 Å². The molecule has 5 aromatic rings. The van der Waals surface area contributed by atoms with Crippen molar-refractivity contribution >= 4 is 33.5 Å².